The molecule has 0 amide bonds. The fourth-order valence-electron chi connectivity index (χ4n) is 2.30. The zero-order valence-electron chi connectivity index (χ0n) is 14.6. The molecule has 0 bridgehead atoms. The van der Waals surface area contributed by atoms with Crippen molar-refractivity contribution < 1.29 is 21.6 Å². The fourth-order valence-corrected chi connectivity index (χ4v) is 3.16. The third kappa shape index (κ3) is 3.79. The van der Waals surface area contributed by atoms with E-state index < -0.39 is 31.3 Å². The van der Waals surface area contributed by atoms with Crippen LogP contribution in [-0.4, -0.2) is 18.9 Å². The maximum Gasteiger partial charge on any atom is 0.503 e. The molecule has 0 spiro atoms. The Morgan fingerprint density at radius 2 is 1.67 bits per heavy atom. The van der Waals surface area contributed by atoms with Crippen molar-refractivity contribution in [1.82, 2.24) is 4.98 Å². The highest BCUT2D eigenvalue weighted by atomic mass is 32.2. The van der Waals surface area contributed by atoms with Crippen molar-refractivity contribution in [2.75, 3.05) is 0 Å². The normalized spacial score (nSPS) is 12.3. The van der Waals surface area contributed by atoms with E-state index in [0.717, 1.165) is 0 Å². The molecule has 0 saturated heterocycles. The molecule has 5 nitrogen and oxygen atoms in total. The lowest BCUT2D eigenvalue weighted by Gasteiger charge is -2.21. The minimum absolute atomic E-state index is 0.0302. The van der Waals surface area contributed by atoms with Gasteiger partial charge in [-0.05, 0) is 23.8 Å². The van der Waals surface area contributed by atoms with E-state index in [1.54, 1.807) is 20.8 Å². The molecule has 0 saturated carbocycles. The maximum absolute atomic E-state index is 13.1. The second-order valence-electron chi connectivity index (χ2n) is 6.74. The lowest BCUT2D eigenvalue weighted by molar-refractivity contribution is -0.0438. The second kappa shape index (κ2) is 6.67. The van der Waals surface area contributed by atoms with Gasteiger partial charge in [0.15, 0.2) is 5.03 Å². The van der Waals surface area contributed by atoms with Crippen molar-refractivity contribution >= 4 is 9.84 Å². The van der Waals surface area contributed by atoms with E-state index >= 15 is 0 Å². The Hall–Kier alpha value is -2.91. The molecule has 1 aromatic carbocycles. The number of nitriles is 2. The third-order valence-electron chi connectivity index (χ3n) is 3.73. The number of halogens is 3. The van der Waals surface area contributed by atoms with Gasteiger partial charge in [0.2, 0.25) is 0 Å². The highest BCUT2D eigenvalue weighted by Crippen LogP contribution is 2.37. The van der Waals surface area contributed by atoms with Crippen LogP contribution < -0.4 is 0 Å². The summed E-state index contributed by atoms with van der Waals surface area (Å²) in [7, 11) is -5.85. The topological polar surface area (TPSA) is 94.6 Å². The average molecular weight is 393 g/mol. The Bertz CT molecular complexity index is 1090. The first kappa shape index (κ1) is 20.4. The second-order valence-corrected chi connectivity index (χ2v) is 8.60. The van der Waals surface area contributed by atoms with E-state index in [2.05, 4.69) is 4.98 Å². The molecule has 0 unspecified atom stereocenters. The molecule has 2 aromatic rings. The number of sulfone groups is 1. The summed E-state index contributed by atoms with van der Waals surface area (Å²) in [4.78, 5) is 3.69. The summed E-state index contributed by atoms with van der Waals surface area (Å²) in [5.41, 5.74) is -6.60. The minimum Gasteiger partial charge on any atom is -0.239 e. The van der Waals surface area contributed by atoms with Crippen LogP contribution in [-0.2, 0) is 15.3 Å². The van der Waals surface area contributed by atoms with Crippen LogP contribution in [0.15, 0.2) is 35.4 Å². The smallest absolute Gasteiger partial charge is 0.239 e. The number of nitrogens with zero attached hydrogens (tertiary/aromatic N) is 3. The molecule has 0 fully saturated rings. The maximum atomic E-state index is 13.1. The van der Waals surface area contributed by atoms with Crippen molar-refractivity contribution in [1.29, 1.82) is 10.5 Å². The van der Waals surface area contributed by atoms with Crippen molar-refractivity contribution in [2.24, 2.45) is 0 Å². The van der Waals surface area contributed by atoms with Crippen LogP contribution in [0.3, 0.4) is 0 Å². The first-order chi connectivity index (χ1) is 12.3. The number of hydrogen-bond donors (Lipinski definition) is 0. The average Bonchev–Trinajstić information content (AvgIpc) is 2.58. The zero-order valence-corrected chi connectivity index (χ0v) is 15.4. The minimum atomic E-state index is -5.85. The molecule has 0 N–H and O–H groups in total. The number of hydrogen-bond acceptors (Lipinski definition) is 5. The van der Waals surface area contributed by atoms with Gasteiger partial charge in [0.1, 0.15) is 6.07 Å². The van der Waals surface area contributed by atoms with Crippen LogP contribution in [0.5, 0.6) is 0 Å². The van der Waals surface area contributed by atoms with E-state index in [0.29, 0.717) is 0 Å². The van der Waals surface area contributed by atoms with Gasteiger partial charge in [0, 0.05) is 16.7 Å². The molecular formula is C18H14F3N3O2S. The summed E-state index contributed by atoms with van der Waals surface area (Å²) < 4.78 is 63.5. The standard InChI is InChI=1S/C18H14F3N3O2S/c1-17(2,3)15-8-13(12-6-4-5-11(7-12)9-22)14(10-23)16(24-15)27(25,26)18(19,20)21/h4-8H,1-3H3. The van der Waals surface area contributed by atoms with Gasteiger partial charge in [-0.15, -0.1) is 0 Å². The Kier molecular flexibility index (Phi) is 5.04. The van der Waals surface area contributed by atoms with Gasteiger partial charge in [-0.1, -0.05) is 32.9 Å². The fraction of sp³-hybridized carbons (Fsp3) is 0.278. The Morgan fingerprint density at radius 1 is 1.04 bits per heavy atom. The van der Waals surface area contributed by atoms with Crippen LogP contribution in [0.25, 0.3) is 11.1 Å². The predicted octanol–water partition coefficient (Wildman–Crippen LogP) is 4.08. The number of pyridine rings is 1. The monoisotopic (exact) mass is 393 g/mol. The molecule has 0 aliphatic carbocycles. The van der Waals surface area contributed by atoms with Crippen LogP contribution in [0.2, 0.25) is 0 Å². The molecule has 1 heterocycles. The van der Waals surface area contributed by atoms with E-state index in [-0.39, 0.29) is 22.4 Å². The van der Waals surface area contributed by atoms with Gasteiger partial charge >= 0.3 is 5.51 Å². The lowest BCUT2D eigenvalue weighted by atomic mass is 9.88. The zero-order chi connectivity index (χ0) is 20.6. The Balaban J connectivity index is 2.99. The molecule has 27 heavy (non-hydrogen) atoms. The first-order valence-corrected chi connectivity index (χ1v) is 9.08. The Morgan fingerprint density at radius 3 is 2.15 bits per heavy atom. The Labute approximate surface area is 154 Å². The summed E-state index contributed by atoms with van der Waals surface area (Å²) in [5.74, 6) is 0. The number of rotatable bonds is 2. The molecule has 9 heteroatoms. The van der Waals surface area contributed by atoms with E-state index in [9.17, 15) is 26.9 Å². The van der Waals surface area contributed by atoms with E-state index in [4.69, 9.17) is 5.26 Å². The van der Waals surface area contributed by atoms with Gasteiger partial charge in [-0.3, -0.25) is 0 Å². The van der Waals surface area contributed by atoms with E-state index in [1.807, 2.05) is 6.07 Å². The molecule has 1 aromatic heterocycles. The van der Waals surface area contributed by atoms with Gasteiger partial charge in [0.05, 0.1) is 17.2 Å². The van der Waals surface area contributed by atoms with Crippen LogP contribution in [0, 0.1) is 22.7 Å². The molecular weight excluding hydrogens is 379 g/mol. The van der Waals surface area contributed by atoms with Crippen molar-refractivity contribution in [2.45, 2.75) is 36.7 Å². The number of benzene rings is 1. The van der Waals surface area contributed by atoms with Gasteiger partial charge < -0.3 is 0 Å². The highest BCUT2D eigenvalue weighted by molar-refractivity contribution is 7.92. The van der Waals surface area contributed by atoms with Crippen molar-refractivity contribution in [3.8, 4) is 23.3 Å². The highest BCUT2D eigenvalue weighted by Gasteiger charge is 2.50. The molecule has 140 valence electrons. The molecule has 0 aliphatic heterocycles. The third-order valence-corrected chi connectivity index (χ3v) is 5.14. The van der Waals surface area contributed by atoms with Gasteiger partial charge in [-0.2, -0.15) is 23.7 Å². The van der Waals surface area contributed by atoms with E-state index in [1.165, 1.54) is 36.4 Å². The van der Waals surface area contributed by atoms with Crippen LogP contribution >= 0.6 is 0 Å². The summed E-state index contributed by atoms with van der Waals surface area (Å²) in [6, 6.07) is 10.6. The SMILES string of the molecule is CC(C)(C)c1cc(-c2cccc(C#N)c2)c(C#N)c(S(=O)(=O)C(F)(F)F)n1. The van der Waals surface area contributed by atoms with Crippen molar-refractivity contribution in [3.05, 3.63) is 47.2 Å². The largest absolute Gasteiger partial charge is 0.503 e. The number of aromatic nitrogens is 1. The lowest BCUT2D eigenvalue weighted by Crippen LogP contribution is -2.27. The molecule has 2 rings (SSSR count). The quantitative estimate of drug-likeness (QED) is 0.766. The summed E-state index contributed by atoms with van der Waals surface area (Å²) in [5, 5.41) is 17.1. The van der Waals surface area contributed by atoms with Crippen molar-refractivity contribution in [3.63, 3.8) is 0 Å². The molecule has 0 aliphatic rings. The first-order valence-electron chi connectivity index (χ1n) is 7.60. The van der Waals surface area contributed by atoms with Crippen LogP contribution in [0.4, 0.5) is 13.2 Å². The summed E-state index contributed by atoms with van der Waals surface area (Å²) in [6.45, 7) is 4.96. The number of alkyl halides is 3. The molecule has 0 radical (unpaired) electrons. The summed E-state index contributed by atoms with van der Waals surface area (Å²) in [6.07, 6.45) is 0. The van der Waals surface area contributed by atoms with Gasteiger partial charge in [-0.25, -0.2) is 13.4 Å². The summed E-state index contributed by atoms with van der Waals surface area (Å²) >= 11 is 0. The molecule has 0 atom stereocenters. The van der Waals surface area contributed by atoms with Crippen LogP contribution in [0.1, 0.15) is 37.6 Å². The van der Waals surface area contributed by atoms with Gasteiger partial charge in [0.25, 0.3) is 9.84 Å². The predicted molar refractivity (Wildman–Crippen MR) is 91.0 cm³/mol.